The van der Waals surface area contributed by atoms with Gasteiger partial charge in [-0.15, -0.1) is 0 Å². The molecule has 0 rings (SSSR count). The summed E-state index contributed by atoms with van der Waals surface area (Å²) >= 11 is 0. The first-order valence-corrected chi connectivity index (χ1v) is 7.16. The Morgan fingerprint density at radius 1 is 0.800 bits per heavy atom. The largest absolute Gasteiger partial charge is 0.382 e. The first-order chi connectivity index (χ1) is 9.31. The lowest BCUT2D eigenvalue weighted by Crippen LogP contribution is -2.15. The number of carbonyl (C=O) groups is 2. The van der Waals surface area contributed by atoms with Gasteiger partial charge in [0.15, 0.2) is 0 Å². The van der Waals surface area contributed by atoms with Crippen molar-refractivity contribution in [3.8, 4) is 0 Å². The van der Waals surface area contributed by atoms with Gasteiger partial charge >= 0.3 is 11.9 Å². The molecule has 4 heteroatoms. The fourth-order valence-corrected chi connectivity index (χ4v) is 1.65. The Labute approximate surface area is 121 Å². The Hall–Kier alpha value is -1.58. The molecule has 0 bridgehead atoms. The lowest BCUT2D eigenvalue weighted by atomic mass is 10.1. The van der Waals surface area contributed by atoms with Crippen LogP contribution in [0.4, 0.5) is 0 Å². The van der Waals surface area contributed by atoms with Crippen LogP contribution in [0.2, 0.25) is 0 Å². The highest BCUT2D eigenvalue weighted by Gasteiger charge is 2.16. The van der Waals surface area contributed by atoms with Crippen LogP contribution in [0.15, 0.2) is 23.3 Å². The molecule has 0 atom stereocenters. The second-order valence-corrected chi connectivity index (χ2v) is 5.32. The Kier molecular flexibility index (Phi) is 8.61. The van der Waals surface area contributed by atoms with Crippen molar-refractivity contribution in [3.05, 3.63) is 23.3 Å². The van der Waals surface area contributed by atoms with Gasteiger partial charge in [-0.25, -0.2) is 19.4 Å². The minimum absolute atomic E-state index is 0.236. The van der Waals surface area contributed by atoms with Gasteiger partial charge in [0.2, 0.25) is 0 Å². The summed E-state index contributed by atoms with van der Waals surface area (Å²) in [5.74, 6) is -0.732. The maximum atomic E-state index is 11.8. The van der Waals surface area contributed by atoms with Crippen LogP contribution >= 0.6 is 0 Å². The maximum Gasteiger partial charge on any atom is 0.382 e. The van der Waals surface area contributed by atoms with E-state index in [1.165, 1.54) is 0 Å². The van der Waals surface area contributed by atoms with Crippen LogP contribution < -0.4 is 0 Å². The minimum Gasteiger partial charge on any atom is -0.242 e. The molecule has 20 heavy (non-hydrogen) atoms. The fourth-order valence-electron chi connectivity index (χ4n) is 1.65. The van der Waals surface area contributed by atoms with Crippen molar-refractivity contribution in [1.29, 1.82) is 0 Å². The molecule has 0 aliphatic carbocycles. The summed E-state index contributed by atoms with van der Waals surface area (Å²) in [7, 11) is 0. The van der Waals surface area contributed by atoms with Gasteiger partial charge in [-0.05, 0) is 24.7 Å². The third-order valence-electron chi connectivity index (χ3n) is 2.55. The van der Waals surface area contributed by atoms with Crippen molar-refractivity contribution in [1.82, 2.24) is 0 Å². The molecule has 4 nitrogen and oxygen atoms in total. The molecule has 0 radical (unpaired) electrons. The summed E-state index contributed by atoms with van der Waals surface area (Å²) in [5, 5.41) is 0. The van der Waals surface area contributed by atoms with Crippen molar-refractivity contribution < 1.29 is 19.4 Å². The fraction of sp³-hybridized carbons (Fsp3) is 0.625. The summed E-state index contributed by atoms with van der Waals surface area (Å²) in [5.41, 5.74) is 1.03. The van der Waals surface area contributed by atoms with Crippen molar-refractivity contribution in [2.24, 2.45) is 11.8 Å². The molecule has 0 unspecified atom stereocenters. The van der Waals surface area contributed by atoms with Gasteiger partial charge in [0, 0.05) is 11.1 Å². The first-order valence-electron chi connectivity index (χ1n) is 7.16. The molecule has 114 valence electrons. The summed E-state index contributed by atoms with van der Waals surface area (Å²) in [6.07, 6.45) is 4.69. The molecule has 0 aliphatic rings. The molecule has 0 fully saturated rings. The van der Waals surface area contributed by atoms with Crippen molar-refractivity contribution in [2.45, 2.75) is 54.4 Å². The molecular weight excluding hydrogens is 256 g/mol. The molecule has 0 aromatic carbocycles. The van der Waals surface area contributed by atoms with E-state index < -0.39 is 11.9 Å². The van der Waals surface area contributed by atoms with E-state index in [1.54, 1.807) is 12.2 Å². The third kappa shape index (κ3) is 7.12. The Morgan fingerprint density at radius 2 is 1.10 bits per heavy atom. The van der Waals surface area contributed by atoms with E-state index >= 15 is 0 Å². The van der Waals surface area contributed by atoms with Gasteiger partial charge in [-0.2, -0.15) is 0 Å². The van der Waals surface area contributed by atoms with E-state index in [1.807, 2.05) is 41.5 Å². The third-order valence-corrected chi connectivity index (χ3v) is 2.55. The van der Waals surface area contributed by atoms with Gasteiger partial charge in [-0.3, -0.25) is 0 Å². The lowest BCUT2D eigenvalue weighted by molar-refractivity contribution is -0.252. The molecule has 0 N–H and O–H groups in total. The average molecular weight is 282 g/mol. The molecule has 0 aromatic rings. The molecular formula is C16H26O4. The molecule has 0 saturated heterocycles. The zero-order chi connectivity index (χ0) is 15.7. The van der Waals surface area contributed by atoms with Gasteiger partial charge in [0.1, 0.15) is 0 Å². The van der Waals surface area contributed by atoms with Crippen LogP contribution in [0, 0.1) is 11.8 Å². The number of rotatable bonds is 6. The van der Waals surface area contributed by atoms with Crippen LogP contribution in [0.5, 0.6) is 0 Å². The maximum absolute atomic E-state index is 11.8. The normalized spacial score (nSPS) is 12.8. The zero-order valence-electron chi connectivity index (χ0n) is 13.4. The van der Waals surface area contributed by atoms with Crippen molar-refractivity contribution >= 4 is 11.9 Å². The van der Waals surface area contributed by atoms with Gasteiger partial charge < -0.3 is 0 Å². The van der Waals surface area contributed by atoms with Crippen LogP contribution in [-0.4, -0.2) is 11.9 Å². The zero-order valence-corrected chi connectivity index (χ0v) is 13.4. The summed E-state index contributed by atoms with van der Waals surface area (Å²) < 4.78 is 0. The van der Waals surface area contributed by atoms with Gasteiger partial charge in [0.25, 0.3) is 0 Å². The standard InChI is InChI=1S/C16H26O4/c1-7-13(9-11(3)4)15(17)19-20-16(18)14(8-2)10-12(5)6/h9-12H,7-8H2,1-6H3. The SMILES string of the molecule is CCC(=CC(C)C)C(=O)OOC(=O)C(=CC(C)C)CC. The minimum atomic E-state index is -0.602. The lowest BCUT2D eigenvalue weighted by Gasteiger charge is -2.08. The second kappa shape index (κ2) is 9.34. The Bertz CT molecular complexity index is 351. The predicted molar refractivity (Wildman–Crippen MR) is 78.6 cm³/mol. The Balaban J connectivity index is 4.61. The van der Waals surface area contributed by atoms with Crippen LogP contribution in [0.3, 0.4) is 0 Å². The Morgan fingerprint density at radius 3 is 1.30 bits per heavy atom. The van der Waals surface area contributed by atoms with E-state index in [9.17, 15) is 9.59 Å². The highest BCUT2D eigenvalue weighted by Crippen LogP contribution is 2.12. The highest BCUT2D eigenvalue weighted by molar-refractivity contribution is 5.91. The van der Waals surface area contributed by atoms with Crippen molar-refractivity contribution in [3.63, 3.8) is 0 Å². The smallest absolute Gasteiger partial charge is 0.242 e. The number of carbonyl (C=O) groups excluding carboxylic acids is 2. The van der Waals surface area contributed by atoms with Crippen LogP contribution in [-0.2, 0) is 19.4 Å². The second-order valence-electron chi connectivity index (χ2n) is 5.32. The number of allylic oxidation sites excluding steroid dienone is 2. The van der Waals surface area contributed by atoms with E-state index in [2.05, 4.69) is 9.78 Å². The summed E-state index contributed by atoms with van der Waals surface area (Å²) in [6.45, 7) is 11.6. The van der Waals surface area contributed by atoms with Crippen LogP contribution in [0.25, 0.3) is 0 Å². The topological polar surface area (TPSA) is 52.6 Å². The molecule has 0 saturated carbocycles. The molecule has 0 spiro atoms. The summed E-state index contributed by atoms with van der Waals surface area (Å²) in [4.78, 5) is 32.8. The van der Waals surface area contributed by atoms with Crippen LogP contribution in [0.1, 0.15) is 54.4 Å². The van der Waals surface area contributed by atoms with E-state index in [-0.39, 0.29) is 11.8 Å². The number of hydrogen-bond donors (Lipinski definition) is 0. The molecule has 0 aromatic heterocycles. The van der Waals surface area contributed by atoms with Gasteiger partial charge in [0.05, 0.1) is 0 Å². The quantitative estimate of drug-likeness (QED) is 0.420. The molecule has 0 amide bonds. The van der Waals surface area contributed by atoms with E-state index in [0.717, 1.165) is 0 Å². The van der Waals surface area contributed by atoms with E-state index in [4.69, 9.17) is 0 Å². The first kappa shape index (κ1) is 18.4. The van der Waals surface area contributed by atoms with E-state index in [0.29, 0.717) is 24.0 Å². The molecule has 0 aliphatic heterocycles. The molecule has 0 heterocycles. The monoisotopic (exact) mass is 282 g/mol. The van der Waals surface area contributed by atoms with Crippen molar-refractivity contribution in [2.75, 3.05) is 0 Å². The average Bonchev–Trinajstić information content (AvgIpc) is 2.38. The summed E-state index contributed by atoms with van der Waals surface area (Å²) in [6, 6.07) is 0. The number of hydrogen-bond acceptors (Lipinski definition) is 4. The highest BCUT2D eigenvalue weighted by atomic mass is 17.2. The van der Waals surface area contributed by atoms with Gasteiger partial charge in [-0.1, -0.05) is 53.7 Å². The predicted octanol–water partition coefficient (Wildman–Crippen LogP) is 3.97.